The van der Waals surface area contributed by atoms with Crippen molar-refractivity contribution in [2.45, 2.75) is 38.6 Å². The molecule has 2 aliphatic rings. The van der Waals surface area contributed by atoms with E-state index in [-0.39, 0.29) is 0 Å². The van der Waals surface area contributed by atoms with Crippen molar-refractivity contribution in [3.63, 3.8) is 0 Å². The molecule has 86 valence electrons. The molecule has 1 saturated heterocycles. The van der Waals surface area contributed by atoms with Crippen LogP contribution in [0.5, 0.6) is 0 Å². The number of fused-ring (bicyclic) bond motifs is 3. The third-order valence-corrected chi connectivity index (χ3v) is 3.88. The van der Waals surface area contributed by atoms with Crippen LogP contribution in [0.3, 0.4) is 0 Å². The minimum atomic E-state index is 0.769. The second kappa shape index (κ2) is 4.00. The van der Waals surface area contributed by atoms with E-state index in [0.717, 1.165) is 12.6 Å². The molecule has 0 radical (unpaired) electrons. The maximum absolute atomic E-state index is 3.58. The van der Waals surface area contributed by atoms with Crippen molar-refractivity contribution in [2.24, 2.45) is 0 Å². The molecular formula is C14H20N2. The lowest BCUT2D eigenvalue weighted by Crippen LogP contribution is -2.39. The zero-order valence-corrected chi connectivity index (χ0v) is 10.00. The summed E-state index contributed by atoms with van der Waals surface area (Å²) in [6, 6.07) is 7.58. The van der Waals surface area contributed by atoms with Gasteiger partial charge >= 0.3 is 0 Å². The summed E-state index contributed by atoms with van der Waals surface area (Å²) >= 11 is 0. The van der Waals surface area contributed by atoms with Crippen molar-refractivity contribution in [3.05, 3.63) is 23.8 Å². The molecule has 0 aromatic heterocycles. The number of rotatable bonds is 0. The van der Waals surface area contributed by atoms with Gasteiger partial charge in [0.15, 0.2) is 0 Å². The van der Waals surface area contributed by atoms with E-state index in [1.807, 2.05) is 0 Å². The van der Waals surface area contributed by atoms with E-state index < -0.39 is 0 Å². The third kappa shape index (κ3) is 1.66. The van der Waals surface area contributed by atoms with E-state index in [9.17, 15) is 0 Å². The van der Waals surface area contributed by atoms with Crippen molar-refractivity contribution in [2.75, 3.05) is 23.3 Å². The number of benzene rings is 1. The summed E-state index contributed by atoms with van der Waals surface area (Å²) in [6.45, 7) is 4.53. The van der Waals surface area contributed by atoms with Gasteiger partial charge in [0.25, 0.3) is 0 Å². The van der Waals surface area contributed by atoms with Crippen molar-refractivity contribution in [1.29, 1.82) is 0 Å². The highest BCUT2D eigenvalue weighted by Crippen LogP contribution is 2.35. The van der Waals surface area contributed by atoms with E-state index >= 15 is 0 Å². The normalized spacial score (nSPS) is 24.1. The fraction of sp³-hybridized carbons (Fsp3) is 0.571. The average Bonchev–Trinajstić information content (AvgIpc) is 2.47. The highest BCUT2D eigenvalue weighted by atomic mass is 15.2. The molecule has 0 aliphatic carbocycles. The van der Waals surface area contributed by atoms with Crippen LogP contribution in [0.4, 0.5) is 11.4 Å². The fourth-order valence-electron chi connectivity index (χ4n) is 3.03. The first-order valence-electron chi connectivity index (χ1n) is 6.46. The Kier molecular flexibility index (Phi) is 2.50. The van der Waals surface area contributed by atoms with Gasteiger partial charge in [-0.15, -0.1) is 0 Å². The number of nitrogens with one attached hydrogen (secondary N) is 1. The number of anilines is 2. The number of hydrogen-bond acceptors (Lipinski definition) is 2. The molecule has 16 heavy (non-hydrogen) atoms. The lowest BCUT2D eigenvalue weighted by Gasteiger charge is -2.36. The van der Waals surface area contributed by atoms with Crippen LogP contribution in [0.15, 0.2) is 18.2 Å². The molecule has 2 heteroatoms. The van der Waals surface area contributed by atoms with Crippen molar-refractivity contribution in [3.8, 4) is 0 Å². The molecule has 1 N–H and O–H groups in total. The van der Waals surface area contributed by atoms with Crippen LogP contribution in [0, 0.1) is 6.92 Å². The summed E-state index contributed by atoms with van der Waals surface area (Å²) in [5, 5.41) is 3.58. The van der Waals surface area contributed by atoms with E-state index in [1.165, 1.54) is 49.2 Å². The highest BCUT2D eigenvalue weighted by molar-refractivity contribution is 5.72. The Morgan fingerprint density at radius 1 is 1.25 bits per heavy atom. The Hall–Kier alpha value is -1.18. The van der Waals surface area contributed by atoms with Crippen molar-refractivity contribution < 1.29 is 0 Å². The lowest BCUT2D eigenvalue weighted by atomic mass is 9.99. The van der Waals surface area contributed by atoms with Gasteiger partial charge in [0.1, 0.15) is 0 Å². The van der Waals surface area contributed by atoms with Crippen LogP contribution in [-0.2, 0) is 0 Å². The lowest BCUT2D eigenvalue weighted by molar-refractivity contribution is 0.450. The van der Waals surface area contributed by atoms with E-state index in [2.05, 4.69) is 35.3 Å². The minimum absolute atomic E-state index is 0.769. The Labute approximate surface area is 97.6 Å². The molecule has 1 atom stereocenters. The first kappa shape index (κ1) is 10.0. The molecule has 0 bridgehead atoms. The second-order valence-corrected chi connectivity index (χ2v) is 5.08. The molecule has 0 saturated carbocycles. The average molecular weight is 216 g/mol. The summed E-state index contributed by atoms with van der Waals surface area (Å²) in [5.74, 6) is 0. The van der Waals surface area contributed by atoms with Gasteiger partial charge in [-0.25, -0.2) is 0 Å². The topological polar surface area (TPSA) is 15.3 Å². The number of aryl methyl sites for hydroxylation is 1. The zero-order chi connectivity index (χ0) is 11.0. The Balaban J connectivity index is 2.00. The summed E-state index contributed by atoms with van der Waals surface area (Å²) < 4.78 is 0. The van der Waals surface area contributed by atoms with Crippen LogP contribution in [0.1, 0.15) is 31.2 Å². The van der Waals surface area contributed by atoms with Crippen molar-refractivity contribution in [1.82, 2.24) is 0 Å². The van der Waals surface area contributed by atoms with Gasteiger partial charge in [-0.1, -0.05) is 6.07 Å². The molecular weight excluding hydrogens is 196 g/mol. The van der Waals surface area contributed by atoms with Gasteiger partial charge < -0.3 is 10.2 Å². The monoisotopic (exact) mass is 216 g/mol. The Bertz CT molecular complexity index is 386. The van der Waals surface area contributed by atoms with Crippen LogP contribution < -0.4 is 10.2 Å². The molecule has 1 aromatic rings. The maximum atomic E-state index is 3.58. The smallest absolute Gasteiger partial charge is 0.0604 e. The first-order chi connectivity index (χ1) is 7.84. The SMILES string of the molecule is Cc1ccc2c(c1)NCCC1CCCCN21. The third-order valence-electron chi connectivity index (χ3n) is 3.88. The van der Waals surface area contributed by atoms with Crippen molar-refractivity contribution >= 4 is 11.4 Å². The summed E-state index contributed by atoms with van der Waals surface area (Å²) in [7, 11) is 0. The molecule has 1 unspecified atom stereocenters. The van der Waals surface area contributed by atoms with Gasteiger partial charge in [-0.3, -0.25) is 0 Å². The quantitative estimate of drug-likeness (QED) is 0.716. The predicted molar refractivity (Wildman–Crippen MR) is 69.3 cm³/mol. The number of hydrogen-bond donors (Lipinski definition) is 1. The minimum Gasteiger partial charge on any atom is -0.383 e. The fourth-order valence-corrected chi connectivity index (χ4v) is 3.03. The van der Waals surface area contributed by atoms with E-state index in [4.69, 9.17) is 0 Å². The van der Waals surface area contributed by atoms with E-state index in [1.54, 1.807) is 0 Å². The summed E-state index contributed by atoms with van der Waals surface area (Å²) in [4.78, 5) is 2.62. The van der Waals surface area contributed by atoms with Gasteiger partial charge in [0.2, 0.25) is 0 Å². The van der Waals surface area contributed by atoms with E-state index in [0.29, 0.717) is 0 Å². The predicted octanol–water partition coefficient (Wildman–Crippen LogP) is 3.17. The van der Waals surface area contributed by atoms with Crippen LogP contribution >= 0.6 is 0 Å². The first-order valence-corrected chi connectivity index (χ1v) is 6.46. The van der Waals surface area contributed by atoms with Gasteiger partial charge in [-0.05, 0) is 50.3 Å². The standard InChI is InChI=1S/C14H20N2/c1-11-5-6-14-13(10-11)15-8-7-12-4-2-3-9-16(12)14/h5-6,10,12,15H,2-4,7-9H2,1H3. The number of nitrogens with zero attached hydrogens (tertiary/aromatic N) is 1. The molecule has 1 fully saturated rings. The Morgan fingerprint density at radius 3 is 3.12 bits per heavy atom. The van der Waals surface area contributed by atoms with Gasteiger partial charge in [-0.2, -0.15) is 0 Å². The van der Waals surface area contributed by atoms with Gasteiger partial charge in [0.05, 0.1) is 11.4 Å². The molecule has 2 aliphatic heterocycles. The molecule has 2 heterocycles. The summed E-state index contributed by atoms with van der Waals surface area (Å²) in [5.41, 5.74) is 4.11. The second-order valence-electron chi connectivity index (χ2n) is 5.08. The zero-order valence-electron chi connectivity index (χ0n) is 10.00. The molecule has 1 aromatic carbocycles. The van der Waals surface area contributed by atoms with Crippen LogP contribution in [-0.4, -0.2) is 19.1 Å². The number of piperidine rings is 1. The largest absolute Gasteiger partial charge is 0.383 e. The molecule has 3 rings (SSSR count). The molecule has 0 spiro atoms. The summed E-state index contributed by atoms with van der Waals surface area (Å²) in [6.07, 6.45) is 5.41. The van der Waals surface area contributed by atoms with Crippen LogP contribution in [0.25, 0.3) is 0 Å². The van der Waals surface area contributed by atoms with Gasteiger partial charge in [0, 0.05) is 19.1 Å². The Morgan fingerprint density at radius 2 is 2.19 bits per heavy atom. The highest BCUT2D eigenvalue weighted by Gasteiger charge is 2.26. The maximum Gasteiger partial charge on any atom is 0.0604 e. The molecule has 2 nitrogen and oxygen atoms in total. The molecule has 0 amide bonds. The van der Waals surface area contributed by atoms with Crippen LogP contribution in [0.2, 0.25) is 0 Å².